The second-order valence-electron chi connectivity index (χ2n) is 5.67. The third-order valence-electron chi connectivity index (χ3n) is 4.07. The topological polar surface area (TPSA) is 56.8 Å². The third kappa shape index (κ3) is 3.45. The number of rotatable bonds is 4. The zero-order chi connectivity index (χ0) is 14.9. The van der Waals surface area contributed by atoms with Crippen LogP contribution < -0.4 is 0 Å². The SMILES string of the molecule is Cc1csc(CN2CCN(S(=O)(=O)N3CCCC3)CC2)n1. The molecule has 3 rings (SSSR count). The second-order valence-corrected chi connectivity index (χ2v) is 8.54. The molecular weight excluding hydrogens is 308 g/mol. The Morgan fingerprint density at radius 1 is 1.10 bits per heavy atom. The Morgan fingerprint density at radius 2 is 1.71 bits per heavy atom. The van der Waals surface area contributed by atoms with E-state index in [0.29, 0.717) is 26.2 Å². The molecule has 2 aliphatic rings. The van der Waals surface area contributed by atoms with Gasteiger partial charge in [-0.15, -0.1) is 11.3 Å². The number of hydrogen-bond donors (Lipinski definition) is 0. The summed E-state index contributed by atoms with van der Waals surface area (Å²) in [6.07, 6.45) is 1.98. The monoisotopic (exact) mass is 330 g/mol. The van der Waals surface area contributed by atoms with Crippen LogP contribution in [0.5, 0.6) is 0 Å². The molecule has 1 aromatic rings. The van der Waals surface area contributed by atoms with Crippen LogP contribution in [-0.2, 0) is 16.8 Å². The first-order valence-electron chi connectivity index (χ1n) is 7.44. The van der Waals surface area contributed by atoms with E-state index in [1.807, 2.05) is 6.92 Å². The maximum atomic E-state index is 12.5. The number of hydrogen-bond acceptors (Lipinski definition) is 5. The normalized spacial score (nSPS) is 22.9. The Kier molecular flexibility index (Phi) is 4.60. The molecule has 0 saturated carbocycles. The zero-order valence-electron chi connectivity index (χ0n) is 12.4. The summed E-state index contributed by atoms with van der Waals surface area (Å²) in [5, 5.41) is 3.17. The lowest BCUT2D eigenvalue weighted by atomic mass is 10.3. The average molecular weight is 330 g/mol. The molecule has 0 amide bonds. The summed E-state index contributed by atoms with van der Waals surface area (Å²) in [5.74, 6) is 0. The van der Waals surface area contributed by atoms with E-state index in [2.05, 4.69) is 15.3 Å². The fourth-order valence-electron chi connectivity index (χ4n) is 2.87. The molecule has 0 atom stereocenters. The Bertz CT molecular complexity index is 573. The highest BCUT2D eigenvalue weighted by atomic mass is 32.2. The van der Waals surface area contributed by atoms with Crippen molar-refractivity contribution in [3.05, 3.63) is 16.1 Å². The van der Waals surface area contributed by atoms with Gasteiger partial charge in [-0.05, 0) is 19.8 Å². The van der Waals surface area contributed by atoms with Crippen LogP contribution in [0.15, 0.2) is 5.38 Å². The van der Waals surface area contributed by atoms with Gasteiger partial charge in [-0.3, -0.25) is 4.90 Å². The smallest absolute Gasteiger partial charge is 0.282 e. The van der Waals surface area contributed by atoms with E-state index < -0.39 is 10.2 Å². The fraction of sp³-hybridized carbons (Fsp3) is 0.769. The van der Waals surface area contributed by atoms with Crippen molar-refractivity contribution in [2.24, 2.45) is 0 Å². The zero-order valence-corrected chi connectivity index (χ0v) is 14.0. The van der Waals surface area contributed by atoms with Gasteiger partial charge >= 0.3 is 0 Å². The number of piperazine rings is 1. The molecule has 118 valence electrons. The van der Waals surface area contributed by atoms with Crippen LogP contribution in [0.25, 0.3) is 0 Å². The Balaban J connectivity index is 1.55. The Labute approximate surface area is 130 Å². The lowest BCUT2D eigenvalue weighted by Crippen LogP contribution is -2.52. The average Bonchev–Trinajstić information content (AvgIpc) is 3.11. The van der Waals surface area contributed by atoms with Gasteiger partial charge in [-0.1, -0.05) is 0 Å². The van der Waals surface area contributed by atoms with Gasteiger partial charge in [-0.2, -0.15) is 17.0 Å². The molecule has 0 aliphatic carbocycles. The van der Waals surface area contributed by atoms with Gasteiger partial charge in [0.15, 0.2) is 0 Å². The highest BCUT2D eigenvalue weighted by molar-refractivity contribution is 7.86. The maximum Gasteiger partial charge on any atom is 0.282 e. The predicted octanol–water partition coefficient (Wildman–Crippen LogP) is 0.910. The molecule has 6 nitrogen and oxygen atoms in total. The van der Waals surface area contributed by atoms with Gasteiger partial charge in [0.05, 0.1) is 6.54 Å². The van der Waals surface area contributed by atoms with Crippen LogP contribution >= 0.6 is 11.3 Å². The quantitative estimate of drug-likeness (QED) is 0.823. The van der Waals surface area contributed by atoms with E-state index in [9.17, 15) is 8.42 Å². The molecule has 8 heteroatoms. The van der Waals surface area contributed by atoms with Crippen molar-refractivity contribution < 1.29 is 8.42 Å². The van der Waals surface area contributed by atoms with Crippen LogP contribution in [0.2, 0.25) is 0 Å². The van der Waals surface area contributed by atoms with Gasteiger partial charge < -0.3 is 0 Å². The largest absolute Gasteiger partial charge is 0.294 e. The van der Waals surface area contributed by atoms with Crippen molar-refractivity contribution in [3.8, 4) is 0 Å². The maximum absolute atomic E-state index is 12.5. The molecule has 2 saturated heterocycles. The van der Waals surface area contributed by atoms with E-state index in [0.717, 1.165) is 43.2 Å². The van der Waals surface area contributed by atoms with E-state index >= 15 is 0 Å². The van der Waals surface area contributed by atoms with Crippen LogP contribution in [0.4, 0.5) is 0 Å². The molecule has 21 heavy (non-hydrogen) atoms. The molecule has 0 unspecified atom stereocenters. The van der Waals surface area contributed by atoms with E-state index in [1.54, 1.807) is 19.9 Å². The van der Waals surface area contributed by atoms with Gasteiger partial charge in [-0.25, -0.2) is 4.98 Å². The first-order valence-corrected chi connectivity index (χ1v) is 9.72. The highest BCUT2D eigenvalue weighted by Gasteiger charge is 2.33. The van der Waals surface area contributed by atoms with Crippen molar-refractivity contribution in [3.63, 3.8) is 0 Å². The van der Waals surface area contributed by atoms with Crippen LogP contribution in [0.3, 0.4) is 0 Å². The van der Waals surface area contributed by atoms with Crippen molar-refractivity contribution >= 4 is 21.5 Å². The van der Waals surface area contributed by atoms with Crippen LogP contribution in [0.1, 0.15) is 23.5 Å². The molecule has 0 aromatic carbocycles. The minimum atomic E-state index is -3.23. The standard InChI is InChI=1S/C13H22N4O2S2/c1-12-11-20-13(14-12)10-15-6-8-17(9-7-15)21(18,19)16-4-2-3-5-16/h11H,2-10H2,1H3. The Hall–Kier alpha value is -0.540. The summed E-state index contributed by atoms with van der Waals surface area (Å²) in [4.78, 5) is 6.76. The van der Waals surface area contributed by atoms with E-state index in [-0.39, 0.29) is 0 Å². The molecular formula is C13H22N4O2S2. The van der Waals surface area contributed by atoms with Gasteiger partial charge in [0.2, 0.25) is 0 Å². The van der Waals surface area contributed by atoms with E-state index in [4.69, 9.17) is 0 Å². The molecule has 0 radical (unpaired) electrons. The molecule has 3 heterocycles. The lowest BCUT2D eigenvalue weighted by molar-refractivity contribution is 0.176. The summed E-state index contributed by atoms with van der Waals surface area (Å²) < 4.78 is 28.2. The molecule has 2 aliphatic heterocycles. The summed E-state index contributed by atoms with van der Waals surface area (Å²) >= 11 is 1.68. The van der Waals surface area contributed by atoms with Crippen molar-refractivity contribution in [2.75, 3.05) is 39.3 Å². The van der Waals surface area contributed by atoms with Crippen LogP contribution in [-0.4, -0.2) is 66.2 Å². The first-order chi connectivity index (χ1) is 10.1. The summed E-state index contributed by atoms with van der Waals surface area (Å²) in [5.41, 5.74) is 1.06. The van der Waals surface area contributed by atoms with Gasteiger partial charge in [0, 0.05) is 50.3 Å². The Morgan fingerprint density at radius 3 is 2.29 bits per heavy atom. The second kappa shape index (κ2) is 6.29. The van der Waals surface area contributed by atoms with Gasteiger partial charge in [0.25, 0.3) is 10.2 Å². The number of aryl methyl sites for hydroxylation is 1. The molecule has 0 N–H and O–H groups in total. The lowest BCUT2D eigenvalue weighted by Gasteiger charge is -2.35. The summed E-state index contributed by atoms with van der Waals surface area (Å²) in [6, 6.07) is 0. The minimum absolute atomic E-state index is 0.586. The number of aromatic nitrogens is 1. The van der Waals surface area contributed by atoms with Crippen LogP contribution in [0, 0.1) is 6.92 Å². The van der Waals surface area contributed by atoms with Gasteiger partial charge in [0.1, 0.15) is 5.01 Å². The van der Waals surface area contributed by atoms with Crippen molar-refractivity contribution in [1.82, 2.24) is 18.5 Å². The third-order valence-corrected chi connectivity index (χ3v) is 7.06. The van der Waals surface area contributed by atoms with Crippen molar-refractivity contribution in [1.29, 1.82) is 0 Å². The van der Waals surface area contributed by atoms with Crippen molar-refractivity contribution in [2.45, 2.75) is 26.3 Å². The highest BCUT2D eigenvalue weighted by Crippen LogP contribution is 2.19. The molecule has 0 bridgehead atoms. The fourth-order valence-corrected chi connectivity index (χ4v) is 5.35. The minimum Gasteiger partial charge on any atom is -0.294 e. The predicted molar refractivity (Wildman–Crippen MR) is 83.4 cm³/mol. The molecule has 1 aromatic heterocycles. The number of nitrogens with zero attached hydrogens (tertiary/aromatic N) is 4. The molecule has 0 spiro atoms. The summed E-state index contributed by atoms with van der Waals surface area (Å²) in [7, 11) is -3.23. The number of thiazole rings is 1. The molecule has 2 fully saturated rings. The van der Waals surface area contributed by atoms with E-state index in [1.165, 1.54) is 0 Å². The first kappa shape index (κ1) is 15.4. The summed E-state index contributed by atoms with van der Waals surface area (Å²) in [6.45, 7) is 6.93.